The van der Waals surface area contributed by atoms with Crippen LogP contribution in [0.1, 0.15) is 33.6 Å². The summed E-state index contributed by atoms with van der Waals surface area (Å²) < 4.78 is 0. The molecule has 2 amide bonds. The summed E-state index contributed by atoms with van der Waals surface area (Å²) in [4.78, 5) is 46.2. The summed E-state index contributed by atoms with van der Waals surface area (Å²) in [5.74, 6) is 0.128. The van der Waals surface area contributed by atoms with E-state index in [1.54, 1.807) is 24.8 Å². The van der Waals surface area contributed by atoms with Gasteiger partial charge in [-0.3, -0.25) is 24.5 Å². The SMILES string of the molecule is O=C(c1ccccc1)N1CCC(N2CCN(C(=O)c3cc(-c4cccnc4)nc(-c4cccnc4)c3)CC2)CC1. The van der Waals surface area contributed by atoms with Crippen molar-refractivity contribution in [3.8, 4) is 22.5 Å². The number of amides is 2. The van der Waals surface area contributed by atoms with Crippen LogP contribution in [0.15, 0.2) is 91.5 Å². The van der Waals surface area contributed by atoms with Gasteiger partial charge in [0.15, 0.2) is 0 Å². The molecule has 3 aromatic heterocycles. The van der Waals surface area contributed by atoms with Crippen molar-refractivity contribution in [3.63, 3.8) is 0 Å². The molecule has 0 spiro atoms. The highest BCUT2D eigenvalue weighted by molar-refractivity contribution is 5.96. The highest BCUT2D eigenvalue weighted by Gasteiger charge is 2.31. The number of piperidine rings is 1. The summed E-state index contributed by atoms with van der Waals surface area (Å²) in [6.07, 6.45) is 8.90. The predicted molar refractivity (Wildman–Crippen MR) is 154 cm³/mol. The predicted octanol–water partition coefficient (Wildman–Crippen LogP) is 4.27. The first kappa shape index (κ1) is 25.8. The third-order valence-electron chi connectivity index (χ3n) is 7.88. The van der Waals surface area contributed by atoms with Crippen molar-refractivity contribution in [2.45, 2.75) is 18.9 Å². The van der Waals surface area contributed by atoms with Gasteiger partial charge in [0.25, 0.3) is 11.8 Å². The number of hydrogen-bond donors (Lipinski definition) is 0. The van der Waals surface area contributed by atoms with E-state index in [1.807, 2.05) is 76.5 Å². The van der Waals surface area contributed by atoms with Gasteiger partial charge in [-0.1, -0.05) is 18.2 Å². The number of likely N-dealkylation sites (tertiary alicyclic amines) is 1. The van der Waals surface area contributed by atoms with E-state index in [4.69, 9.17) is 4.98 Å². The number of rotatable bonds is 5. The number of aromatic nitrogens is 3. The second-order valence-corrected chi connectivity index (χ2v) is 10.3. The molecule has 0 aliphatic carbocycles. The topological polar surface area (TPSA) is 82.5 Å². The van der Waals surface area contributed by atoms with Gasteiger partial charge in [-0.15, -0.1) is 0 Å². The Balaban J connectivity index is 1.11. The first-order chi connectivity index (χ1) is 19.7. The number of carbonyl (C=O) groups excluding carboxylic acids is 2. The lowest BCUT2D eigenvalue weighted by atomic mass is 10.0. The summed E-state index contributed by atoms with van der Waals surface area (Å²) in [5, 5.41) is 0. The van der Waals surface area contributed by atoms with Crippen molar-refractivity contribution in [1.82, 2.24) is 29.7 Å². The molecule has 0 bridgehead atoms. The molecule has 5 heterocycles. The third kappa shape index (κ3) is 5.62. The minimum atomic E-state index is 0.0145. The van der Waals surface area contributed by atoms with Crippen molar-refractivity contribution >= 4 is 11.8 Å². The lowest BCUT2D eigenvalue weighted by Gasteiger charge is -2.42. The van der Waals surface area contributed by atoms with Crippen molar-refractivity contribution in [1.29, 1.82) is 0 Å². The van der Waals surface area contributed by atoms with Crippen molar-refractivity contribution in [3.05, 3.63) is 103 Å². The van der Waals surface area contributed by atoms with Gasteiger partial charge in [0.05, 0.1) is 11.4 Å². The molecule has 202 valence electrons. The molecule has 0 radical (unpaired) electrons. The van der Waals surface area contributed by atoms with E-state index in [0.717, 1.165) is 55.7 Å². The van der Waals surface area contributed by atoms with Gasteiger partial charge in [0.1, 0.15) is 0 Å². The third-order valence-corrected chi connectivity index (χ3v) is 7.88. The lowest BCUT2D eigenvalue weighted by molar-refractivity contribution is 0.0412. The normalized spacial score (nSPS) is 16.6. The molecule has 6 rings (SSSR count). The summed E-state index contributed by atoms with van der Waals surface area (Å²) >= 11 is 0. The molecule has 2 aliphatic rings. The zero-order valence-electron chi connectivity index (χ0n) is 22.4. The average Bonchev–Trinajstić information content (AvgIpc) is 3.05. The molecule has 1 aromatic carbocycles. The Morgan fingerprint density at radius 3 is 1.73 bits per heavy atom. The first-order valence-electron chi connectivity index (χ1n) is 13.9. The second kappa shape index (κ2) is 11.8. The number of benzene rings is 1. The fraction of sp³-hybridized carbons (Fsp3) is 0.281. The Labute approximate surface area is 234 Å². The highest BCUT2D eigenvalue weighted by Crippen LogP contribution is 2.26. The minimum absolute atomic E-state index is 0.0145. The van der Waals surface area contributed by atoms with Gasteiger partial charge in [-0.25, -0.2) is 4.98 Å². The molecule has 0 unspecified atom stereocenters. The molecule has 4 aromatic rings. The van der Waals surface area contributed by atoms with Crippen molar-refractivity contribution < 1.29 is 9.59 Å². The molecule has 40 heavy (non-hydrogen) atoms. The van der Waals surface area contributed by atoms with Crippen molar-refractivity contribution in [2.75, 3.05) is 39.3 Å². The lowest BCUT2D eigenvalue weighted by Crippen LogP contribution is -2.54. The molecule has 2 saturated heterocycles. The Morgan fingerprint density at radius 1 is 0.625 bits per heavy atom. The Bertz CT molecular complexity index is 1390. The zero-order chi connectivity index (χ0) is 27.3. The van der Waals surface area contributed by atoms with E-state index in [1.165, 1.54) is 0 Å². The number of pyridine rings is 3. The zero-order valence-corrected chi connectivity index (χ0v) is 22.4. The molecule has 8 nitrogen and oxygen atoms in total. The highest BCUT2D eigenvalue weighted by atomic mass is 16.2. The van der Waals surface area contributed by atoms with E-state index < -0.39 is 0 Å². The van der Waals surface area contributed by atoms with Crippen LogP contribution in [0.3, 0.4) is 0 Å². The van der Waals surface area contributed by atoms with Crippen molar-refractivity contribution in [2.24, 2.45) is 0 Å². The standard InChI is InChI=1S/C32H32N6O2/c39-31(24-6-2-1-3-7-24)37-14-10-28(11-15-37)36-16-18-38(19-17-36)32(40)27-20-29(25-8-4-12-33-22-25)35-30(21-27)26-9-5-13-34-23-26/h1-9,12-13,20-23,28H,10-11,14-19H2. The fourth-order valence-electron chi connectivity index (χ4n) is 5.65. The van der Waals surface area contributed by atoms with Gasteiger partial charge in [0.2, 0.25) is 0 Å². The molecular formula is C32H32N6O2. The Morgan fingerprint density at radius 2 is 1.18 bits per heavy atom. The van der Waals surface area contributed by atoms with Gasteiger partial charge in [-0.05, 0) is 61.4 Å². The van der Waals surface area contributed by atoms with E-state index in [9.17, 15) is 9.59 Å². The van der Waals surface area contributed by atoms with E-state index in [2.05, 4.69) is 14.9 Å². The van der Waals surface area contributed by atoms with Crippen LogP contribution in [0.5, 0.6) is 0 Å². The van der Waals surface area contributed by atoms with Crippen LogP contribution >= 0.6 is 0 Å². The molecule has 0 saturated carbocycles. The number of piperazine rings is 1. The molecule has 0 atom stereocenters. The van der Waals surface area contributed by atoms with Crippen LogP contribution in [0.4, 0.5) is 0 Å². The molecule has 0 N–H and O–H groups in total. The number of carbonyl (C=O) groups is 2. The maximum Gasteiger partial charge on any atom is 0.254 e. The molecule has 2 fully saturated rings. The van der Waals surface area contributed by atoms with Crippen LogP contribution in [0.25, 0.3) is 22.5 Å². The monoisotopic (exact) mass is 532 g/mol. The van der Waals surface area contributed by atoms with Gasteiger partial charge >= 0.3 is 0 Å². The minimum Gasteiger partial charge on any atom is -0.339 e. The molecule has 2 aliphatic heterocycles. The molecular weight excluding hydrogens is 500 g/mol. The summed E-state index contributed by atoms with van der Waals surface area (Å²) in [6.45, 7) is 4.55. The largest absolute Gasteiger partial charge is 0.339 e. The smallest absolute Gasteiger partial charge is 0.254 e. The molecule has 8 heteroatoms. The average molecular weight is 533 g/mol. The quantitative estimate of drug-likeness (QED) is 0.382. The van der Waals surface area contributed by atoms with E-state index >= 15 is 0 Å². The first-order valence-corrected chi connectivity index (χ1v) is 13.9. The maximum absolute atomic E-state index is 13.7. The van der Waals surface area contributed by atoms with E-state index in [0.29, 0.717) is 36.1 Å². The van der Waals surface area contributed by atoms with Crippen LogP contribution in [-0.4, -0.2) is 86.8 Å². The van der Waals surface area contributed by atoms with Gasteiger partial charge in [0, 0.05) is 92.4 Å². The Kier molecular flexibility index (Phi) is 7.59. The van der Waals surface area contributed by atoms with E-state index in [-0.39, 0.29) is 11.8 Å². The van der Waals surface area contributed by atoms with Crippen LogP contribution in [0.2, 0.25) is 0 Å². The van der Waals surface area contributed by atoms with Gasteiger partial charge < -0.3 is 9.80 Å². The maximum atomic E-state index is 13.7. The fourth-order valence-corrected chi connectivity index (χ4v) is 5.65. The number of hydrogen-bond acceptors (Lipinski definition) is 6. The summed E-state index contributed by atoms with van der Waals surface area (Å²) in [6, 6.07) is 21.3. The Hall–Kier alpha value is -4.43. The summed E-state index contributed by atoms with van der Waals surface area (Å²) in [5.41, 5.74) is 4.53. The van der Waals surface area contributed by atoms with Crippen LogP contribution in [0, 0.1) is 0 Å². The second-order valence-electron chi connectivity index (χ2n) is 10.3. The number of nitrogens with zero attached hydrogens (tertiary/aromatic N) is 6. The summed E-state index contributed by atoms with van der Waals surface area (Å²) in [7, 11) is 0. The van der Waals surface area contributed by atoms with Crippen LogP contribution < -0.4 is 0 Å². The van der Waals surface area contributed by atoms with Gasteiger partial charge in [-0.2, -0.15) is 0 Å². The van der Waals surface area contributed by atoms with Crippen LogP contribution in [-0.2, 0) is 0 Å².